The van der Waals surface area contributed by atoms with Crippen LogP contribution in [0.5, 0.6) is 0 Å². The van der Waals surface area contributed by atoms with E-state index < -0.39 is 17.8 Å². The van der Waals surface area contributed by atoms with E-state index in [0.717, 1.165) is 32.0 Å². The third-order valence-corrected chi connectivity index (χ3v) is 6.23. The number of nitrogens with one attached hydrogen (secondary N) is 1. The van der Waals surface area contributed by atoms with Gasteiger partial charge >= 0.3 is 6.03 Å². The first-order valence-corrected chi connectivity index (χ1v) is 10.9. The molecule has 0 aliphatic carbocycles. The summed E-state index contributed by atoms with van der Waals surface area (Å²) >= 11 is 3.34. The lowest BCUT2D eigenvalue weighted by atomic mass is 10.1. The Morgan fingerprint density at radius 3 is 2.16 bits per heavy atom. The van der Waals surface area contributed by atoms with Crippen LogP contribution in [0.15, 0.2) is 58.6 Å². The fraction of sp³-hybridized carbons (Fsp3) is 0.160. The predicted molar refractivity (Wildman–Crippen MR) is 128 cm³/mol. The lowest BCUT2D eigenvalue weighted by Crippen LogP contribution is -2.54. The predicted octanol–water partition coefficient (Wildman–Crippen LogP) is 5.14. The van der Waals surface area contributed by atoms with Gasteiger partial charge in [0.15, 0.2) is 0 Å². The Hall–Kier alpha value is -3.45. The number of hydrogen-bond donors (Lipinski definition) is 1. The highest BCUT2D eigenvalue weighted by molar-refractivity contribution is 9.10. The molecule has 162 valence electrons. The number of carbonyl (C=O) groups is 3. The molecule has 1 fully saturated rings. The van der Waals surface area contributed by atoms with Crippen LogP contribution in [0.25, 0.3) is 11.8 Å². The highest BCUT2D eigenvalue weighted by Crippen LogP contribution is 2.27. The molecular formula is C25H22BrN3O3. The molecule has 1 aliphatic rings. The first kappa shape index (κ1) is 21.8. The molecule has 0 saturated carbocycles. The minimum Gasteiger partial charge on any atom is -0.318 e. The van der Waals surface area contributed by atoms with Crippen LogP contribution in [0, 0.1) is 27.7 Å². The molecule has 1 aromatic heterocycles. The number of anilines is 1. The minimum atomic E-state index is -0.764. The van der Waals surface area contributed by atoms with Crippen LogP contribution in [0.4, 0.5) is 10.5 Å². The van der Waals surface area contributed by atoms with Gasteiger partial charge in [-0.15, -0.1) is 0 Å². The molecular weight excluding hydrogens is 470 g/mol. The molecule has 2 aromatic carbocycles. The summed E-state index contributed by atoms with van der Waals surface area (Å²) in [4.78, 5) is 39.1. The Morgan fingerprint density at radius 1 is 0.844 bits per heavy atom. The third kappa shape index (κ3) is 3.80. The van der Waals surface area contributed by atoms with Gasteiger partial charge in [0.25, 0.3) is 11.8 Å². The van der Waals surface area contributed by atoms with Crippen molar-refractivity contribution < 1.29 is 14.4 Å². The maximum absolute atomic E-state index is 13.1. The summed E-state index contributed by atoms with van der Waals surface area (Å²) in [6.07, 6.45) is 1.55. The molecule has 0 atom stereocenters. The van der Waals surface area contributed by atoms with Crippen molar-refractivity contribution in [1.82, 2.24) is 9.88 Å². The Morgan fingerprint density at radius 2 is 1.50 bits per heavy atom. The zero-order valence-electron chi connectivity index (χ0n) is 18.2. The topological polar surface area (TPSA) is 71.4 Å². The average molecular weight is 492 g/mol. The van der Waals surface area contributed by atoms with Gasteiger partial charge in [-0.1, -0.05) is 22.0 Å². The number of halogens is 1. The lowest BCUT2D eigenvalue weighted by Gasteiger charge is -2.26. The van der Waals surface area contributed by atoms with Crippen molar-refractivity contribution in [2.24, 2.45) is 0 Å². The van der Waals surface area contributed by atoms with Gasteiger partial charge in [0.05, 0.1) is 5.69 Å². The molecule has 6 nitrogen and oxygen atoms in total. The van der Waals surface area contributed by atoms with Crippen molar-refractivity contribution in [3.63, 3.8) is 0 Å². The first-order chi connectivity index (χ1) is 15.2. The molecule has 1 saturated heterocycles. The maximum Gasteiger partial charge on any atom is 0.335 e. The number of imide groups is 2. The van der Waals surface area contributed by atoms with Gasteiger partial charge in [-0.3, -0.25) is 14.9 Å². The zero-order valence-corrected chi connectivity index (χ0v) is 19.8. The Balaban J connectivity index is 1.76. The lowest BCUT2D eigenvalue weighted by molar-refractivity contribution is -0.122. The van der Waals surface area contributed by atoms with Gasteiger partial charge in [-0.2, -0.15) is 0 Å². The monoisotopic (exact) mass is 491 g/mol. The van der Waals surface area contributed by atoms with Crippen LogP contribution < -0.4 is 10.2 Å². The maximum atomic E-state index is 13.1. The second kappa shape index (κ2) is 8.24. The second-order valence-electron chi connectivity index (χ2n) is 7.86. The summed E-state index contributed by atoms with van der Waals surface area (Å²) in [7, 11) is 0. The molecule has 32 heavy (non-hydrogen) atoms. The molecule has 0 bridgehead atoms. The standard InChI is InChI=1S/C25H22BrN3O3/c1-14-5-8-21(11-15(14)2)28-16(3)12-18(17(28)4)13-22-23(30)27-25(32)29(24(22)31)20-9-6-19(26)7-10-20/h5-13H,1-4H3,(H,27,30,32)/b22-13+. The number of amides is 4. The highest BCUT2D eigenvalue weighted by Gasteiger charge is 2.37. The van der Waals surface area contributed by atoms with E-state index >= 15 is 0 Å². The number of rotatable bonds is 3. The van der Waals surface area contributed by atoms with E-state index in [0.29, 0.717) is 5.69 Å². The molecule has 4 rings (SSSR count). The Bertz CT molecular complexity index is 1300. The summed E-state index contributed by atoms with van der Waals surface area (Å²) in [5.74, 6) is -1.36. The van der Waals surface area contributed by atoms with Crippen molar-refractivity contribution in [3.05, 3.63) is 86.7 Å². The molecule has 2 heterocycles. The number of aromatic nitrogens is 1. The van der Waals surface area contributed by atoms with E-state index in [1.165, 1.54) is 11.1 Å². The Kier molecular flexibility index (Phi) is 5.60. The number of carbonyl (C=O) groups excluding carboxylic acids is 3. The van der Waals surface area contributed by atoms with E-state index in [-0.39, 0.29) is 5.57 Å². The summed E-state index contributed by atoms with van der Waals surface area (Å²) < 4.78 is 2.90. The second-order valence-corrected chi connectivity index (χ2v) is 8.78. The smallest absolute Gasteiger partial charge is 0.318 e. The number of nitrogens with zero attached hydrogens (tertiary/aromatic N) is 2. The number of barbiturate groups is 1. The normalized spacial score (nSPS) is 15.5. The van der Waals surface area contributed by atoms with E-state index in [9.17, 15) is 14.4 Å². The molecule has 0 spiro atoms. The molecule has 1 aliphatic heterocycles. The number of benzene rings is 2. The molecule has 4 amide bonds. The van der Waals surface area contributed by atoms with Crippen molar-refractivity contribution in [2.75, 3.05) is 4.90 Å². The third-order valence-electron chi connectivity index (χ3n) is 5.71. The summed E-state index contributed by atoms with van der Waals surface area (Å²) in [5.41, 5.74) is 6.31. The van der Waals surface area contributed by atoms with Crippen LogP contribution in [-0.4, -0.2) is 22.4 Å². The summed E-state index contributed by atoms with van der Waals surface area (Å²) in [5, 5.41) is 2.27. The zero-order chi connectivity index (χ0) is 23.2. The minimum absolute atomic E-state index is 0.0899. The van der Waals surface area contributed by atoms with Crippen molar-refractivity contribution in [3.8, 4) is 5.69 Å². The van der Waals surface area contributed by atoms with E-state index in [1.54, 1.807) is 30.3 Å². The Labute approximate surface area is 194 Å². The van der Waals surface area contributed by atoms with Gasteiger partial charge in [0.2, 0.25) is 0 Å². The van der Waals surface area contributed by atoms with Crippen LogP contribution >= 0.6 is 15.9 Å². The van der Waals surface area contributed by atoms with E-state index in [1.807, 2.05) is 26.0 Å². The van der Waals surface area contributed by atoms with Gasteiger partial charge in [0, 0.05) is 21.5 Å². The van der Waals surface area contributed by atoms with Crippen LogP contribution in [0.1, 0.15) is 28.1 Å². The average Bonchev–Trinajstić information content (AvgIpc) is 3.01. The molecule has 0 radical (unpaired) electrons. The van der Waals surface area contributed by atoms with Crippen molar-refractivity contribution >= 4 is 45.5 Å². The first-order valence-electron chi connectivity index (χ1n) is 10.1. The highest BCUT2D eigenvalue weighted by atomic mass is 79.9. The van der Waals surface area contributed by atoms with Gasteiger partial charge in [-0.25, -0.2) is 9.69 Å². The number of hydrogen-bond acceptors (Lipinski definition) is 3. The summed E-state index contributed by atoms with van der Waals surface area (Å²) in [6.45, 7) is 8.05. The van der Waals surface area contributed by atoms with Crippen LogP contribution in [0.2, 0.25) is 0 Å². The van der Waals surface area contributed by atoms with Crippen molar-refractivity contribution in [2.45, 2.75) is 27.7 Å². The number of aryl methyl sites for hydroxylation is 3. The SMILES string of the molecule is Cc1ccc(-n2c(C)cc(/C=C3\C(=O)NC(=O)N(c4ccc(Br)cc4)C3=O)c2C)cc1C. The molecule has 7 heteroatoms. The molecule has 3 aromatic rings. The molecule has 0 unspecified atom stereocenters. The largest absolute Gasteiger partial charge is 0.335 e. The van der Waals surface area contributed by atoms with Gasteiger partial charge < -0.3 is 4.57 Å². The number of urea groups is 1. The van der Waals surface area contributed by atoms with E-state index in [4.69, 9.17) is 0 Å². The van der Waals surface area contributed by atoms with Crippen LogP contribution in [0.3, 0.4) is 0 Å². The van der Waals surface area contributed by atoms with Gasteiger partial charge in [0.1, 0.15) is 5.57 Å². The quantitative estimate of drug-likeness (QED) is 0.407. The summed E-state index contributed by atoms with van der Waals surface area (Å²) in [6, 6.07) is 14.1. The molecule has 1 N–H and O–H groups in total. The van der Waals surface area contributed by atoms with Gasteiger partial charge in [-0.05, 0) is 92.9 Å². The fourth-order valence-electron chi connectivity index (χ4n) is 3.83. The van der Waals surface area contributed by atoms with Crippen molar-refractivity contribution in [1.29, 1.82) is 0 Å². The van der Waals surface area contributed by atoms with Crippen LogP contribution in [-0.2, 0) is 9.59 Å². The van der Waals surface area contributed by atoms with E-state index in [2.05, 4.69) is 51.8 Å². The fourth-order valence-corrected chi connectivity index (χ4v) is 4.10.